The van der Waals surface area contributed by atoms with E-state index < -0.39 is 17.6 Å². The summed E-state index contributed by atoms with van der Waals surface area (Å²) in [4.78, 5) is 31.5. The van der Waals surface area contributed by atoms with Gasteiger partial charge in [-0.3, -0.25) is 14.6 Å². The third-order valence-corrected chi connectivity index (χ3v) is 9.17. The van der Waals surface area contributed by atoms with E-state index in [4.69, 9.17) is 16.3 Å². The Morgan fingerprint density at radius 2 is 1.95 bits per heavy atom. The lowest BCUT2D eigenvalue weighted by Gasteiger charge is -2.35. The molecule has 4 heterocycles. The molecule has 2 fully saturated rings. The normalized spacial score (nSPS) is 18.2. The van der Waals surface area contributed by atoms with Gasteiger partial charge in [0, 0.05) is 55.8 Å². The third kappa shape index (κ3) is 7.59. The molecule has 2 aromatic heterocycles. The molecule has 1 atom stereocenters. The van der Waals surface area contributed by atoms with Crippen molar-refractivity contribution in [3.05, 3.63) is 45.8 Å². The maximum absolute atomic E-state index is 15.7. The van der Waals surface area contributed by atoms with Crippen molar-refractivity contribution < 1.29 is 27.1 Å². The van der Waals surface area contributed by atoms with E-state index in [2.05, 4.69) is 37.0 Å². The average Bonchev–Trinajstić information content (AvgIpc) is 3.58. The zero-order valence-electron chi connectivity index (χ0n) is 24.5. The molecule has 0 radical (unpaired) electrons. The minimum atomic E-state index is -4.62. The van der Waals surface area contributed by atoms with E-state index in [1.807, 2.05) is 4.90 Å². The first kappa shape index (κ1) is 32.3. The van der Waals surface area contributed by atoms with Crippen molar-refractivity contribution in [2.75, 3.05) is 56.1 Å². The Morgan fingerprint density at radius 3 is 2.64 bits per heavy atom. The fourth-order valence-electron chi connectivity index (χ4n) is 5.48. The number of alkyl halides is 3. The first-order chi connectivity index (χ1) is 21.0. The summed E-state index contributed by atoms with van der Waals surface area (Å²) in [6.07, 6.45) is -0.988. The summed E-state index contributed by atoms with van der Waals surface area (Å²) in [6, 6.07) is 4.07. The maximum atomic E-state index is 15.7. The fourth-order valence-corrected chi connectivity index (χ4v) is 6.71. The molecular formula is C29H34ClF4N7O2S. The second-order valence-electron chi connectivity index (χ2n) is 10.8. The summed E-state index contributed by atoms with van der Waals surface area (Å²) in [7, 11) is 0. The molecule has 0 aliphatic carbocycles. The highest BCUT2D eigenvalue weighted by Crippen LogP contribution is 2.40. The Bertz CT molecular complexity index is 1470. The van der Waals surface area contributed by atoms with Crippen LogP contribution in [0.4, 0.5) is 34.3 Å². The Labute approximate surface area is 262 Å². The predicted octanol–water partition coefficient (Wildman–Crippen LogP) is 6.21. The molecule has 0 bridgehead atoms. The van der Waals surface area contributed by atoms with Gasteiger partial charge in [-0.1, -0.05) is 29.0 Å². The number of nitrogens with one attached hydrogen (secondary N) is 1. The molecule has 0 saturated carbocycles. The van der Waals surface area contributed by atoms with Gasteiger partial charge >= 0.3 is 12.1 Å². The number of piperazine rings is 1. The van der Waals surface area contributed by atoms with Crippen molar-refractivity contribution in [3.63, 3.8) is 0 Å². The molecule has 15 heteroatoms. The van der Waals surface area contributed by atoms with Crippen molar-refractivity contribution in [2.24, 2.45) is 0 Å². The van der Waals surface area contributed by atoms with Gasteiger partial charge in [0.25, 0.3) is 0 Å². The Morgan fingerprint density at radius 1 is 1.18 bits per heavy atom. The number of rotatable bonds is 10. The number of hydrogen-bond donors (Lipinski definition) is 1. The molecule has 2 saturated heterocycles. The second kappa shape index (κ2) is 13.9. The molecule has 0 unspecified atom stereocenters. The lowest BCUT2D eigenvalue weighted by Crippen LogP contribution is -2.47. The van der Waals surface area contributed by atoms with Crippen LogP contribution >= 0.6 is 22.9 Å². The minimum Gasteiger partial charge on any atom is -0.466 e. The van der Waals surface area contributed by atoms with Gasteiger partial charge in [0.1, 0.15) is 6.33 Å². The fraction of sp³-hybridized carbons (Fsp3) is 0.517. The zero-order valence-corrected chi connectivity index (χ0v) is 26.0. The van der Waals surface area contributed by atoms with Crippen LogP contribution in [0.2, 0.25) is 5.02 Å². The average molecular weight is 656 g/mol. The summed E-state index contributed by atoms with van der Waals surface area (Å²) in [5.41, 5.74) is -0.280. The molecule has 238 valence electrons. The van der Waals surface area contributed by atoms with Crippen LogP contribution < -0.4 is 10.2 Å². The standard InChI is InChI=1S/C29H34ClF4N7O2S/c1-3-43-23(42)8-10-39-11-13-40(14-12-39)27-24(31)26(35-17-36-27)38-28-37-25(22(44-28)16-41-9-4-5-18(41)2)19-6-7-21(30)20(15-19)29(32,33)34/h6-7,15,17-18H,3-5,8-14,16H2,1-2H3,(H,35,36,37,38)/t18-/m1/s1. The molecule has 3 aromatic rings. The number of carbonyl (C=O) groups is 1. The predicted molar refractivity (Wildman–Crippen MR) is 162 cm³/mol. The van der Waals surface area contributed by atoms with Gasteiger partial charge in [-0.25, -0.2) is 15.0 Å². The second-order valence-corrected chi connectivity index (χ2v) is 12.3. The largest absolute Gasteiger partial charge is 0.466 e. The van der Waals surface area contributed by atoms with Crippen LogP contribution in [0.5, 0.6) is 0 Å². The van der Waals surface area contributed by atoms with Crippen LogP contribution in [0.15, 0.2) is 24.5 Å². The first-order valence-electron chi connectivity index (χ1n) is 14.5. The van der Waals surface area contributed by atoms with Crippen molar-refractivity contribution >= 4 is 45.7 Å². The quantitative estimate of drug-likeness (QED) is 0.202. The van der Waals surface area contributed by atoms with E-state index >= 15 is 4.39 Å². The topological polar surface area (TPSA) is 86.7 Å². The number of hydrogen-bond acceptors (Lipinski definition) is 10. The number of esters is 1. The van der Waals surface area contributed by atoms with E-state index in [0.29, 0.717) is 69.2 Å². The Balaban J connectivity index is 1.36. The number of halogens is 5. The smallest absolute Gasteiger partial charge is 0.417 e. The molecular weight excluding hydrogens is 622 g/mol. The number of likely N-dealkylation sites (tertiary alicyclic amines) is 1. The molecule has 2 aliphatic heterocycles. The van der Waals surface area contributed by atoms with Crippen LogP contribution in [-0.2, 0) is 22.3 Å². The monoisotopic (exact) mass is 655 g/mol. The van der Waals surface area contributed by atoms with E-state index in [1.54, 1.807) is 6.92 Å². The summed E-state index contributed by atoms with van der Waals surface area (Å²) in [6.45, 7) is 8.43. The first-order valence-corrected chi connectivity index (χ1v) is 15.7. The van der Waals surface area contributed by atoms with Gasteiger partial charge in [-0.15, -0.1) is 0 Å². The summed E-state index contributed by atoms with van der Waals surface area (Å²) >= 11 is 7.14. The van der Waals surface area contributed by atoms with Crippen LogP contribution in [0.1, 0.15) is 43.6 Å². The lowest BCUT2D eigenvalue weighted by atomic mass is 10.1. The van der Waals surface area contributed by atoms with Crippen LogP contribution in [0.3, 0.4) is 0 Å². The third-order valence-electron chi connectivity index (χ3n) is 7.89. The van der Waals surface area contributed by atoms with Crippen molar-refractivity contribution in [1.82, 2.24) is 24.8 Å². The van der Waals surface area contributed by atoms with Gasteiger partial charge in [-0.2, -0.15) is 17.6 Å². The zero-order chi connectivity index (χ0) is 31.4. The summed E-state index contributed by atoms with van der Waals surface area (Å²) in [5.74, 6) is -0.825. The molecule has 0 spiro atoms. The van der Waals surface area contributed by atoms with Crippen molar-refractivity contribution in [2.45, 2.75) is 51.9 Å². The van der Waals surface area contributed by atoms with Crippen molar-refractivity contribution in [3.8, 4) is 11.3 Å². The number of carbonyl (C=O) groups excluding carboxylic acids is 1. The number of aromatic nitrogens is 3. The highest BCUT2D eigenvalue weighted by Gasteiger charge is 2.34. The molecule has 5 rings (SSSR count). The van der Waals surface area contributed by atoms with E-state index in [-0.39, 0.29) is 28.2 Å². The minimum absolute atomic E-state index is 0.0757. The molecule has 44 heavy (non-hydrogen) atoms. The number of nitrogens with zero attached hydrogens (tertiary/aromatic N) is 6. The lowest BCUT2D eigenvalue weighted by molar-refractivity contribution is -0.143. The molecule has 2 aliphatic rings. The highest BCUT2D eigenvalue weighted by molar-refractivity contribution is 7.16. The van der Waals surface area contributed by atoms with Gasteiger partial charge in [0.05, 0.1) is 29.3 Å². The number of ether oxygens (including phenoxy) is 1. The molecule has 0 amide bonds. The van der Waals surface area contributed by atoms with Crippen LogP contribution in [0, 0.1) is 5.82 Å². The number of benzene rings is 1. The van der Waals surface area contributed by atoms with Crippen LogP contribution in [-0.4, -0.2) is 82.6 Å². The molecule has 1 N–H and O–H groups in total. The Hall–Kier alpha value is -3.07. The van der Waals surface area contributed by atoms with Gasteiger partial charge in [0.2, 0.25) is 5.82 Å². The van der Waals surface area contributed by atoms with Gasteiger partial charge in [0.15, 0.2) is 16.8 Å². The number of thiazole rings is 1. The maximum Gasteiger partial charge on any atom is 0.417 e. The molecule has 1 aromatic carbocycles. The van der Waals surface area contributed by atoms with Gasteiger partial charge in [-0.05, 0) is 45.4 Å². The van der Waals surface area contributed by atoms with E-state index in [0.717, 1.165) is 30.3 Å². The van der Waals surface area contributed by atoms with Crippen molar-refractivity contribution in [1.29, 1.82) is 0 Å². The summed E-state index contributed by atoms with van der Waals surface area (Å²) in [5, 5.41) is 2.87. The van der Waals surface area contributed by atoms with E-state index in [9.17, 15) is 18.0 Å². The Kier molecular flexibility index (Phi) is 10.2. The number of anilines is 3. The highest BCUT2D eigenvalue weighted by atomic mass is 35.5. The van der Waals surface area contributed by atoms with Crippen LogP contribution in [0.25, 0.3) is 11.3 Å². The summed E-state index contributed by atoms with van der Waals surface area (Å²) < 4.78 is 61.7. The SMILES string of the molecule is CCOC(=O)CCN1CCN(c2ncnc(Nc3nc(-c4ccc(Cl)c(C(F)(F)F)c4)c(CN4CCC[C@H]4C)s3)c2F)CC1. The van der Waals surface area contributed by atoms with Gasteiger partial charge < -0.3 is 15.0 Å². The molecule has 9 nitrogen and oxygen atoms in total. The van der Waals surface area contributed by atoms with E-state index in [1.165, 1.54) is 29.8 Å².